The highest BCUT2D eigenvalue weighted by molar-refractivity contribution is 7.80. The highest BCUT2D eigenvalue weighted by atomic mass is 32.1. The molecule has 0 bridgehead atoms. The molecule has 6 N–H and O–H groups in total. The number of hydrogen-bond acceptors (Lipinski definition) is 6. The van der Waals surface area contributed by atoms with E-state index in [4.69, 9.17) is 5.73 Å². The van der Waals surface area contributed by atoms with Crippen molar-refractivity contribution < 1.29 is 24.3 Å². The van der Waals surface area contributed by atoms with Gasteiger partial charge in [0.05, 0.1) is 6.54 Å². The number of carbonyl (C=O) groups is 4. The Morgan fingerprint density at radius 1 is 0.967 bits per heavy atom. The lowest BCUT2D eigenvalue weighted by Crippen LogP contribution is -2.57. The smallest absolute Gasteiger partial charge is 0.326 e. The largest absolute Gasteiger partial charge is 0.480 e. The van der Waals surface area contributed by atoms with Crippen LogP contribution in [-0.2, 0) is 25.6 Å². The summed E-state index contributed by atoms with van der Waals surface area (Å²) in [7, 11) is 0. The maximum atomic E-state index is 12.8. The average Bonchev–Trinajstić information content (AvgIpc) is 2.70. The number of carbonyl (C=O) groups excluding carboxylic acids is 3. The lowest BCUT2D eigenvalue weighted by atomic mass is 10.0. The number of carboxylic acids is 1. The number of thiol groups is 1. The molecule has 0 heterocycles. The highest BCUT2D eigenvalue weighted by Crippen LogP contribution is 2.07. The third kappa shape index (κ3) is 8.83. The fourth-order valence-corrected chi connectivity index (χ4v) is 3.00. The van der Waals surface area contributed by atoms with Crippen LogP contribution < -0.4 is 21.7 Å². The number of amides is 3. The zero-order chi connectivity index (χ0) is 22.7. The van der Waals surface area contributed by atoms with Crippen LogP contribution in [0.3, 0.4) is 0 Å². The number of hydrogen-bond donors (Lipinski definition) is 6. The van der Waals surface area contributed by atoms with Crippen LogP contribution in [0.1, 0.15) is 25.8 Å². The van der Waals surface area contributed by atoms with Gasteiger partial charge in [-0.25, -0.2) is 4.79 Å². The molecule has 0 fully saturated rings. The molecular weight excluding hydrogens is 408 g/mol. The van der Waals surface area contributed by atoms with Crippen molar-refractivity contribution in [3.63, 3.8) is 0 Å². The molecule has 0 aliphatic carbocycles. The van der Waals surface area contributed by atoms with Gasteiger partial charge in [-0.2, -0.15) is 12.6 Å². The Morgan fingerprint density at radius 3 is 2.03 bits per heavy atom. The standard InChI is InChI=1S/C20H30N4O5S/c1-12(2)8-15(20(28)29)23-19(27)16(11-30)24-18(26)14(22-17(25)10-21)9-13-6-4-3-5-7-13/h3-7,12,14-16,30H,8-11,21H2,1-2H3,(H,22,25)(H,23,27)(H,24,26)(H,28,29). The summed E-state index contributed by atoms with van der Waals surface area (Å²) in [5, 5.41) is 16.8. The molecule has 0 aliphatic rings. The molecule has 30 heavy (non-hydrogen) atoms. The molecular formula is C20H30N4O5S. The summed E-state index contributed by atoms with van der Waals surface area (Å²) in [5.74, 6) is -2.91. The second-order valence-electron chi connectivity index (χ2n) is 7.29. The van der Waals surface area contributed by atoms with E-state index in [1.165, 1.54) is 0 Å². The molecule has 1 aromatic carbocycles. The second kappa shape index (κ2) is 12.9. The van der Waals surface area contributed by atoms with Gasteiger partial charge in [0, 0.05) is 12.2 Å². The van der Waals surface area contributed by atoms with E-state index in [1.54, 1.807) is 24.3 Å². The molecule has 3 amide bonds. The molecule has 0 radical (unpaired) electrons. The van der Waals surface area contributed by atoms with E-state index in [-0.39, 0.29) is 31.1 Å². The summed E-state index contributed by atoms with van der Waals surface area (Å²) in [4.78, 5) is 48.4. The Bertz CT molecular complexity index is 729. The minimum Gasteiger partial charge on any atom is -0.480 e. The predicted molar refractivity (Wildman–Crippen MR) is 116 cm³/mol. The van der Waals surface area contributed by atoms with Crippen molar-refractivity contribution in [2.75, 3.05) is 12.3 Å². The number of carboxylic acid groups (broad SMARTS) is 1. The van der Waals surface area contributed by atoms with E-state index in [9.17, 15) is 24.3 Å². The SMILES string of the molecule is CC(C)CC(NC(=O)C(CS)NC(=O)C(Cc1ccccc1)NC(=O)CN)C(=O)O. The molecule has 166 valence electrons. The van der Waals surface area contributed by atoms with Crippen LogP contribution in [0.15, 0.2) is 30.3 Å². The van der Waals surface area contributed by atoms with Gasteiger partial charge in [0.25, 0.3) is 0 Å². The summed E-state index contributed by atoms with van der Waals surface area (Å²) < 4.78 is 0. The van der Waals surface area contributed by atoms with E-state index < -0.39 is 41.8 Å². The van der Waals surface area contributed by atoms with Crippen LogP contribution in [0.5, 0.6) is 0 Å². The van der Waals surface area contributed by atoms with Crippen molar-refractivity contribution >= 4 is 36.3 Å². The molecule has 0 aromatic heterocycles. The zero-order valence-electron chi connectivity index (χ0n) is 17.1. The Hall–Kier alpha value is -2.59. The van der Waals surface area contributed by atoms with Gasteiger partial charge in [0.2, 0.25) is 17.7 Å². The Labute approximate surface area is 181 Å². The van der Waals surface area contributed by atoms with Gasteiger partial charge >= 0.3 is 5.97 Å². The lowest BCUT2D eigenvalue weighted by molar-refractivity contribution is -0.142. The van der Waals surface area contributed by atoms with Crippen LogP contribution in [0, 0.1) is 5.92 Å². The first-order chi connectivity index (χ1) is 14.2. The minimum atomic E-state index is -1.15. The Kier molecular flexibility index (Phi) is 10.9. The number of benzene rings is 1. The van der Waals surface area contributed by atoms with Crippen LogP contribution >= 0.6 is 12.6 Å². The molecule has 0 spiro atoms. The first-order valence-electron chi connectivity index (χ1n) is 9.65. The average molecular weight is 439 g/mol. The Morgan fingerprint density at radius 2 is 1.53 bits per heavy atom. The first kappa shape index (κ1) is 25.4. The van der Waals surface area contributed by atoms with Crippen LogP contribution in [0.2, 0.25) is 0 Å². The molecule has 0 saturated heterocycles. The number of nitrogens with one attached hydrogen (secondary N) is 3. The van der Waals surface area contributed by atoms with Crippen molar-refractivity contribution in [2.45, 2.75) is 44.8 Å². The number of rotatable bonds is 12. The number of nitrogens with two attached hydrogens (primary N) is 1. The van der Waals surface area contributed by atoms with Gasteiger partial charge in [0.1, 0.15) is 18.1 Å². The molecule has 10 heteroatoms. The van der Waals surface area contributed by atoms with Crippen molar-refractivity contribution in [1.29, 1.82) is 0 Å². The van der Waals surface area contributed by atoms with Gasteiger partial charge < -0.3 is 26.8 Å². The van der Waals surface area contributed by atoms with Crippen molar-refractivity contribution in [2.24, 2.45) is 11.7 Å². The summed E-state index contributed by atoms with van der Waals surface area (Å²) in [6.07, 6.45) is 0.446. The van der Waals surface area contributed by atoms with Crippen LogP contribution in [-0.4, -0.2) is 59.2 Å². The molecule has 9 nitrogen and oxygen atoms in total. The fraction of sp³-hybridized carbons (Fsp3) is 0.500. The van der Waals surface area contributed by atoms with Crippen molar-refractivity contribution in [1.82, 2.24) is 16.0 Å². The molecule has 1 aromatic rings. The maximum Gasteiger partial charge on any atom is 0.326 e. The Balaban J connectivity index is 2.87. The van der Waals surface area contributed by atoms with E-state index in [0.29, 0.717) is 0 Å². The highest BCUT2D eigenvalue weighted by Gasteiger charge is 2.29. The van der Waals surface area contributed by atoms with Gasteiger partial charge in [0.15, 0.2) is 0 Å². The van der Waals surface area contributed by atoms with Gasteiger partial charge in [-0.15, -0.1) is 0 Å². The van der Waals surface area contributed by atoms with Gasteiger partial charge in [-0.3, -0.25) is 14.4 Å². The van der Waals surface area contributed by atoms with Crippen molar-refractivity contribution in [3.05, 3.63) is 35.9 Å². The molecule has 0 aliphatic heterocycles. The monoisotopic (exact) mass is 438 g/mol. The second-order valence-corrected chi connectivity index (χ2v) is 7.65. The predicted octanol–water partition coefficient (Wildman–Crippen LogP) is -0.297. The summed E-state index contributed by atoms with van der Waals surface area (Å²) in [6, 6.07) is 5.96. The summed E-state index contributed by atoms with van der Waals surface area (Å²) >= 11 is 4.10. The van der Waals surface area contributed by atoms with Gasteiger partial charge in [-0.1, -0.05) is 44.2 Å². The third-order valence-electron chi connectivity index (χ3n) is 4.26. The molecule has 3 unspecified atom stereocenters. The summed E-state index contributed by atoms with van der Waals surface area (Å²) in [5.41, 5.74) is 6.15. The molecule has 0 saturated carbocycles. The normalized spacial score (nSPS) is 13.8. The van der Waals surface area contributed by atoms with E-state index in [1.807, 2.05) is 19.9 Å². The third-order valence-corrected chi connectivity index (χ3v) is 4.62. The summed E-state index contributed by atoms with van der Waals surface area (Å²) in [6.45, 7) is 3.40. The maximum absolute atomic E-state index is 12.8. The quantitative estimate of drug-likeness (QED) is 0.247. The van der Waals surface area contributed by atoms with E-state index in [2.05, 4.69) is 28.6 Å². The number of aliphatic carboxylic acids is 1. The lowest BCUT2D eigenvalue weighted by Gasteiger charge is -2.24. The van der Waals surface area contributed by atoms with E-state index in [0.717, 1.165) is 5.56 Å². The zero-order valence-corrected chi connectivity index (χ0v) is 18.0. The van der Waals surface area contributed by atoms with Crippen LogP contribution in [0.4, 0.5) is 0 Å². The van der Waals surface area contributed by atoms with Crippen LogP contribution in [0.25, 0.3) is 0 Å². The topological polar surface area (TPSA) is 151 Å². The minimum absolute atomic E-state index is 0.0471. The van der Waals surface area contributed by atoms with Crippen molar-refractivity contribution in [3.8, 4) is 0 Å². The molecule has 1 rings (SSSR count). The van der Waals surface area contributed by atoms with Gasteiger partial charge in [-0.05, 0) is 17.9 Å². The molecule has 3 atom stereocenters. The first-order valence-corrected chi connectivity index (χ1v) is 10.3. The van der Waals surface area contributed by atoms with E-state index >= 15 is 0 Å². The fourth-order valence-electron chi connectivity index (χ4n) is 2.74.